The number of thiophene rings is 1. The molecular weight excluding hydrogens is 396 g/mol. The number of hydrogen-bond acceptors (Lipinski definition) is 3. The molecular formula is C12H14Br2N2O2S. The largest absolute Gasteiger partial charge is 0.331 e. The van der Waals surface area contributed by atoms with Crippen molar-refractivity contribution >= 4 is 53.4 Å². The lowest BCUT2D eigenvalue weighted by atomic mass is 10.2. The molecule has 0 N–H and O–H groups in total. The van der Waals surface area contributed by atoms with E-state index in [-0.39, 0.29) is 11.2 Å². The first-order valence-corrected chi connectivity index (χ1v) is 8.72. The maximum Gasteiger partial charge on any atom is 0.331 e. The van der Waals surface area contributed by atoms with Gasteiger partial charge >= 0.3 is 5.69 Å². The quantitative estimate of drug-likeness (QED) is 0.727. The summed E-state index contributed by atoms with van der Waals surface area (Å²) in [5, 5.41) is 1.24. The summed E-state index contributed by atoms with van der Waals surface area (Å²) in [6.45, 7) is 2.52. The predicted molar refractivity (Wildman–Crippen MR) is 86.6 cm³/mol. The van der Waals surface area contributed by atoms with E-state index in [1.54, 1.807) is 11.6 Å². The van der Waals surface area contributed by atoms with Crippen LogP contribution in [0.4, 0.5) is 0 Å². The lowest BCUT2D eigenvalue weighted by Crippen LogP contribution is -2.38. The van der Waals surface area contributed by atoms with Crippen molar-refractivity contribution in [3.05, 3.63) is 30.2 Å². The molecule has 0 aliphatic rings. The van der Waals surface area contributed by atoms with Crippen LogP contribution in [0.5, 0.6) is 0 Å². The zero-order valence-electron chi connectivity index (χ0n) is 10.7. The summed E-state index contributed by atoms with van der Waals surface area (Å²) in [4.78, 5) is 25.5. The Morgan fingerprint density at radius 3 is 2.58 bits per heavy atom. The Balaban J connectivity index is 2.86. The van der Waals surface area contributed by atoms with E-state index >= 15 is 0 Å². The third-order valence-corrected chi connectivity index (χ3v) is 5.71. The maximum atomic E-state index is 12.5. The lowest BCUT2D eigenvalue weighted by Gasteiger charge is -2.08. The molecule has 4 nitrogen and oxygen atoms in total. The van der Waals surface area contributed by atoms with Gasteiger partial charge in [-0.15, -0.1) is 11.3 Å². The van der Waals surface area contributed by atoms with E-state index in [4.69, 9.17) is 0 Å². The molecule has 0 atom stereocenters. The van der Waals surface area contributed by atoms with Gasteiger partial charge in [0.1, 0.15) is 4.83 Å². The van der Waals surface area contributed by atoms with Gasteiger partial charge in [0, 0.05) is 24.5 Å². The van der Waals surface area contributed by atoms with Crippen molar-refractivity contribution < 1.29 is 0 Å². The standard InChI is InChI=1S/C12H14Br2N2O2S/c1-3-4-5-16-10(17)8-7(6-13)9(14)19-11(8)15(2)12(16)18/h3-6H2,1-2H3. The molecule has 0 aromatic carbocycles. The molecule has 0 fully saturated rings. The van der Waals surface area contributed by atoms with Gasteiger partial charge in [0.25, 0.3) is 5.56 Å². The van der Waals surface area contributed by atoms with Crippen LogP contribution in [-0.4, -0.2) is 9.13 Å². The number of nitrogens with zero attached hydrogens (tertiary/aromatic N) is 2. The van der Waals surface area contributed by atoms with Crippen molar-refractivity contribution in [1.82, 2.24) is 9.13 Å². The highest BCUT2D eigenvalue weighted by molar-refractivity contribution is 9.11. The second-order valence-electron chi connectivity index (χ2n) is 4.32. The summed E-state index contributed by atoms with van der Waals surface area (Å²) in [5.41, 5.74) is 0.509. The van der Waals surface area contributed by atoms with Gasteiger partial charge in [-0.2, -0.15) is 0 Å². The van der Waals surface area contributed by atoms with Crippen LogP contribution in [0.15, 0.2) is 13.4 Å². The molecule has 0 aliphatic heterocycles. The third kappa shape index (κ3) is 2.48. The third-order valence-electron chi connectivity index (χ3n) is 3.09. The molecule has 0 radical (unpaired) electrons. The van der Waals surface area contributed by atoms with Crippen molar-refractivity contribution in [1.29, 1.82) is 0 Å². The number of fused-ring (bicyclic) bond motifs is 1. The highest BCUT2D eigenvalue weighted by Crippen LogP contribution is 2.34. The van der Waals surface area contributed by atoms with Crippen LogP contribution in [0, 0.1) is 0 Å². The molecule has 104 valence electrons. The highest BCUT2D eigenvalue weighted by atomic mass is 79.9. The monoisotopic (exact) mass is 408 g/mol. The van der Waals surface area contributed by atoms with Gasteiger partial charge in [0.15, 0.2) is 0 Å². The summed E-state index contributed by atoms with van der Waals surface area (Å²) < 4.78 is 3.81. The van der Waals surface area contributed by atoms with Crippen molar-refractivity contribution in [3.63, 3.8) is 0 Å². The fourth-order valence-electron chi connectivity index (χ4n) is 2.00. The van der Waals surface area contributed by atoms with Crippen LogP contribution in [0.3, 0.4) is 0 Å². The van der Waals surface area contributed by atoms with E-state index < -0.39 is 0 Å². The van der Waals surface area contributed by atoms with Crippen molar-refractivity contribution in [2.24, 2.45) is 7.05 Å². The first-order chi connectivity index (χ1) is 9.02. The molecule has 0 amide bonds. The molecule has 2 aromatic heterocycles. The first kappa shape index (κ1) is 15.0. The minimum absolute atomic E-state index is 0.178. The Morgan fingerprint density at radius 2 is 2.00 bits per heavy atom. The van der Waals surface area contributed by atoms with E-state index in [9.17, 15) is 9.59 Å². The maximum absolute atomic E-state index is 12.5. The van der Waals surface area contributed by atoms with Crippen LogP contribution in [-0.2, 0) is 18.9 Å². The number of halogens is 2. The minimum atomic E-state index is -0.235. The van der Waals surface area contributed by atoms with E-state index in [1.165, 1.54) is 15.9 Å². The molecule has 0 saturated carbocycles. The number of aromatic nitrogens is 2. The van der Waals surface area contributed by atoms with Crippen molar-refractivity contribution in [3.8, 4) is 0 Å². The second-order valence-corrected chi connectivity index (χ2v) is 7.20. The second kappa shape index (κ2) is 5.93. The van der Waals surface area contributed by atoms with Crippen LogP contribution in [0.25, 0.3) is 10.2 Å². The minimum Gasteiger partial charge on any atom is -0.287 e. The zero-order valence-corrected chi connectivity index (χ0v) is 14.7. The van der Waals surface area contributed by atoms with Gasteiger partial charge in [-0.3, -0.25) is 13.9 Å². The number of aryl methyl sites for hydroxylation is 1. The number of rotatable bonds is 4. The smallest absolute Gasteiger partial charge is 0.287 e. The molecule has 0 unspecified atom stereocenters. The summed E-state index contributed by atoms with van der Waals surface area (Å²) in [5.74, 6) is 0. The van der Waals surface area contributed by atoms with Gasteiger partial charge in [0.05, 0.1) is 9.17 Å². The Bertz CT molecular complexity index is 730. The SMILES string of the molecule is CCCCn1c(=O)c2c(CBr)c(Br)sc2n(C)c1=O. The molecule has 2 aromatic rings. The Labute approximate surface area is 131 Å². The van der Waals surface area contributed by atoms with Crippen LogP contribution in [0.2, 0.25) is 0 Å². The number of alkyl halides is 1. The van der Waals surface area contributed by atoms with E-state index in [1.807, 2.05) is 6.92 Å². The van der Waals surface area contributed by atoms with Crippen molar-refractivity contribution in [2.45, 2.75) is 31.6 Å². The van der Waals surface area contributed by atoms with Crippen LogP contribution < -0.4 is 11.2 Å². The van der Waals surface area contributed by atoms with E-state index in [0.29, 0.717) is 17.3 Å². The van der Waals surface area contributed by atoms with Gasteiger partial charge in [-0.05, 0) is 22.4 Å². The molecule has 2 heterocycles. The molecule has 2 rings (SSSR count). The highest BCUT2D eigenvalue weighted by Gasteiger charge is 2.18. The number of unbranched alkanes of at least 4 members (excludes halogenated alkanes) is 1. The van der Waals surface area contributed by atoms with Gasteiger partial charge < -0.3 is 0 Å². The predicted octanol–water partition coefficient (Wildman–Crippen LogP) is 3.22. The average Bonchev–Trinajstić information content (AvgIpc) is 2.73. The Hall–Kier alpha value is -0.400. The zero-order chi connectivity index (χ0) is 14.2. The van der Waals surface area contributed by atoms with E-state index in [2.05, 4.69) is 31.9 Å². The molecule has 7 heteroatoms. The van der Waals surface area contributed by atoms with Gasteiger partial charge in [-0.25, -0.2) is 4.79 Å². The molecule has 0 aliphatic carbocycles. The molecule has 0 spiro atoms. The van der Waals surface area contributed by atoms with Crippen LogP contribution >= 0.6 is 43.2 Å². The summed E-state index contributed by atoms with van der Waals surface area (Å²) in [6.07, 6.45) is 1.78. The van der Waals surface area contributed by atoms with E-state index in [0.717, 1.165) is 27.0 Å². The topological polar surface area (TPSA) is 44.0 Å². The fraction of sp³-hybridized carbons (Fsp3) is 0.500. The normalized spacial score (nSPS) is 11.4. The fourth-order valence-corrected chi connectivity index (χ4v) is 4.92. The first-order valence-electron chi connectivity index (χ1n) is 5.99. The lowest BCUT2D eigenvalue weighted by molar-refractivity contribution is 0.569. The number of hydrogen-bond donors (Lipinski definition) is 0. The average molecular weight is 410 g/mol. The molecule has 0 saturated heterocycles. The summed E-state index contributed by atoms with van der Waals surface area (Å²) >= 11 is 8.30. The van der Waals surface area contributed by atoms with Gasteiger partial charge in [0.2, 0.25) is 0 Å². The van der Waals surface area contributed by atoms with Crippen molar-refractivity contribution in [2.75, 3.05) is 0 Å². The van der Waals surface area contributed by atoms with Gasteiger partial charge in [-0.1, -0.05) is 29.3 Å². The Kier molecular flexibility index (Phi) is 4.68. The summed E-state index contributed by atoms with van der Waals surface area (Å²) in [7, 11) is 1.72. The Morgan fingerprint density at radius 1 is 1.32 bits per heavy atom. The summed E-state index contributed by atoms with van der Waals surface area (Å²) in [6, 6.07) is 0. The molecule has 19 heavy (non-hydrogen) atoms. The van der Waals surface area contributed by atoms with Crippen LogP contribution in [0.1, 0.15) is 25.3 Å². The molecule has 0 bridgehead atoms.